The van der Waals surface area contributed by atoms with Crippen LogP contribution >= 0.6 is 0 Å². The van der Waals surface area contributed by atoms with Gasteiger partial charge in [-0.3, -0.25) is 0 Å². The number of nitrogens with zero attached hydrogens (tertiary/aromatic N) is 1. The van der Waals surface area contributed by atoms with E-state index in [0.29, 0.717) is 6.04 Å². The summed E-state index contributed by atoms with van der Waals surface area (Å²) in [7, 11) is 0. The molecule has 1 heteroatoms. The maximum atomic E-state index is 7.80. The second-order valence-corrected chi connectivity index (χ2v) is 3.28. The Hall–Kier alpha value is -1.89. The zero-order valence-corrected chi connectivity index (χ0v) is 7.57. The molecule has 0 aliphatic rings. The molecule has 1 heterocycles. The van der Waals surface area contributed by atoms with Gasteiger partial charge in [0.2, 0.25) is 0 Å². The first-order valence-electron chi connectivity index (χ1n) is 5.10. The fraction of sp³-hybridized carbons (Fsp3) is 0. The fourth-order valence-corrected chi connectivity index (χ4v) is 1.65. The van der Waals surface area contributed by atoms with Gasteiger partial charge < -0.3 is 0 Å². The second kappa shape index (κ2) is 2.81. The van der Waals surface area contributed by atoms with E-state index in [2.05, 4.69) is 4.98 Å². The quantitative estimate of drug-likeness (QED) is 0.483. The van der Waals surface area contributed by atoms with E-state index in [0.717, 1.165) is 21.8 Å². The molecule has 66 valence electrons. The van der Waals surface area contributed by atoms with Gasteiger partial charge in [-0.1, -0.05) is 36.4 Å². The predicted molar refractivity (Wildman–Crippen MR) is 59.2 cm³/mol. The van der Waals surface area contributed by atoms with Crippen molar-refractivity contribution >= 4 is 21.8 Å². The molecular weight excluding hydrogens is 170 g/mol. The smallest absolute Gasteiger partial charge is 0.0709 e. The lowest BCUT2D eigenvalue weighted by Crippen LogP contribution is -1.80. The Morgan fingerprint density at radius 3 is 2.50 bits per heavy atom. The SMILES string of the molecule is [2H]c1cccc2nc3ccccc3cc12. The predicted octanol–water partition coefficient (Wildman–Crippen LogP) is 3.39. The number of benzene rings is 2. The molecular formula is C13H9N. The normalized spacial score (nSPS) is 11.9. The molecule has 0 atom stereocenters. The number of aromatic nitrogens is 1. The minimum absolute atomic E-state index is 0.533. The number of pyridine rings is 1. The first-order valence-corrected chi connectivity index (χ1v) is 4.60. The van der Waals surface area contributed by atoms with Crippen molar-refractivity contribution in [2.75, 3.05) is 0 Å². The molecule has 1 nitrogen and oxygen atoms in total. The summed E-state index contributed by atoms with van der Waals surface area (Å²) in [5.74, 6) is 0. The lowest BCUT2D eigenvalue weighted by molar-refractivity contribution is 1.50. The summed E-state index contributed by atoms with van der Waals surface area (Å²) < 4.78 is 7.80. The molecule has 14 heavy (non-hydrogen) atoms. The van der Waals surface area contributed by atoms with Crippen LogP contribution in [0, 0.1) is 0 Å². The van der Waals surface area contributed by atoms with Crippen LogP contribution in [0.25, 0.3) is 21.8 Å². The molecule has 0 saturated heterocycles. The summed E-state index contributed by atoms with van der Waals surface area (Å²) in [4.78, 5) is 4.52. The highest BCUT2D eigenvalue weighted by Gasteiger charge is 1.96. The maximum absolute atomic E-state index is 7.80. The summed E-state index contributed by atoms with van der Waals surface area (Å²) in [6.45, 7) is 0. The summed E-state index contributed by atoms with van der Waals surface area (Å²) in [5, 5.41) is 2.00. The summed E-state index contributed by atoms with van der Waals surface area (Å²) >= 11 is 0. The first kappa shape index (κ1) is 6.55. The Morgan fingerprint density at radius 2 is 1.57 bits per heavy atom. The lowest BCUT2D eigenvalue weighted by Gasteiger charge is -1.99. The number of para-hydroxylation sites is 2. The molecule has 2 aromatic carbocycles. The van der Waals surface area contributed by atoms with Gasteiger partial charge in [-0.25, -0.2) is 4.98 Å². The number of hydrogen-bond donors (Lipinski definition) is 0. The molecule has 0 N–H and O–H groups in total. The average molecular weight is 180 g/mol. The summed E-state index contributed by atoms with van der Waals surface area (Å²) in [6.07, 6.45) is 0. The van der Waals surface area contributed by atoms with E-state index < -0.39 is 0 Å². The van der Waals surface area contributed by atoms with Gasteiger partial charge >= 0.3 is 0 Å². The van der Waals surface area contributed by atoms with Crippen molar-refractivity contribution in [2.24, 2.45) is 0 Å². The van der Waals surface area contributed by atoms with Crippen LogP contribution in [0.1, 0.15) is 1.37 Å². The molecule has 0 fully saturated rings. The van der Waals surface area contributed by atoms with Gasteiger partial charge in [0.15, 0.2) is 0 Å². The molecule has 0 saturated carbocycles. The molecule has 0 aliphatic carbocycles. The van der Waals surface area contributed by atoms with Crippen molar-refractivity contribution in [2.45, 2.75) is 0 Å². The molecule has 0 radical (unpaired) electrons. The molecule has 3 aromatic rings. The maximum Gasteiger partial charge on any atom is 0.0709 e. The zero-order valence-electron chi connectivity index (χ0n) is 8.57. The largest absolute Gasteiger partial charge is 0.248 e. The van der Waals surface area contributed by atoms with Crippen molar-refractivity contribution < 1.29 is 1.37 Å². The van der Waals surface area contributed by atoms with E-state index in [-0.39, 0.29) is 0 Å². The topological polar surface area (TPSA) is 12.9 Å². The van der Waals surface area contributed by atoms with Crippen molar-refractivity contribution in [1.82, 2.24) is 4.98 Å². The Morgan fingerprint density at radius 1 is 0.857 bits per heavy atom. The van der Waals surface area contributed by atoms with Crippen LogP contribution in [-0.4, -0.2) is 4.98 Å². The van der Waals surface area contributed by atoms with Gasteiger partial charge in [0.1, 0.15) is 0 Å². The van der Waals surface area contributed by atoms with E-state index in [9.17, 15) is 0 Å². The van der Waals surface area contributed by atoms with Gasteiger partial charge in [-0.05, 0) is 18.2 Å². The molecule has 3 rings (SSSR count). The number of fused-ring (bicyclic) bond motifs is 2. The summed E-state index contributed by atoms with van der Waals surface area (Å²) in [5.41, 5.74) is 1.87. The third-order valence-electron chi connectivity index (χ3n) is 2.34. The minimum Gasteiger partial charge on any atom is -0.248 e. The van der Waals surface area contributed by atoms with Crippen molar-refractivity contribution in [3.8, 4) is 0 Å². The molecule has 0 amide bonds. The standard InChI is InChI=1S/C13H9N/c1-3-7-12-10(5-1)9-11-6-2-4-8-13(11)14-12/h1-9H/i5D. The van der Waals surface area contributed by atoms with E-state index in [4.69, 9.17) is 1.37 Å². The van der Waals surface area contributed by atoms with Crippen LogP contribution in [0.4, 0.5) is 0 Å². The van der Waals surface area contributed by atoms with E-state index >= 15 is 0 Å². The Kier molecular flexibility index (Phi) is 1.31. The number of hydrogen-bond acceptors (Lipinski definition) is 1. The zero-order chi connectivity index (χ0) is 10.3. The minimum atomic E-state index is 0.533. The third kappa shape index (κ3) is 1.06. The van der Waals surface area contributed by atoms with Gasteiger partial charge in [0.05, 0.1) is 12.4 Å². The average Bonchev–Trinajstić information content (AvgIpc) is 2.27. The molecule has 1 aromatic heterocycles. The molecule has 0 spiro atoms. The highest BCUT2D eigenvalue weighted by Crippen LogP contribution is 2.18. The van der Waals surface area contributed by atoms with Crippen molar-refractivity contribution in [1.29, 1.82) is 0 Å². The first-order chi connectivity index (χ1) is 7.34. The molecule has 0 aliphatic heterocycles. The van der Waals surface area contributed by atoms with Gasteiger partial charge in [0.25, 0.3) is 0 Å². The summed E-state index contributed by atoms with van der Waals surface area (Å²) in [6, 6.07) is 16.1. The second-order valence-electron chi connectivity index (χ2n) is 3.28. The van der Waals surface area contributed by atoms with Crippen LogP contribution < -0.4 is 0 Å². The Labute approximate surface area is 83.4 Å². The van der Waals surface area contributed by atoms with Crippen LogP contribution in [0.2, 0.25) is 0 Å². The third-order valence-corrected chi connectivity index (χ3v) is 2.34. The van der Waals surface area contributed by atoms with Crippen molar-refractivity contribution in [3.05, 3.63) is 54.6 Å². The van der Waals surface area contributed by atoms with E-state index in [1.54, 1.807) is 6.07 Å². The fourth-order valence-electron chi connectivity index (χ4n) is 1.65. The lowest BCUT2D eigenvalue weighted by atomic mass is 10.1. The van der Waals surface area contributed by atoms with Crippen LogP contribution in [0.15, 0.2) is 54.6 Å². The van der Waals surface area contributed by atoms with Gasteiger partial charge in [0, 0.05) is 10.8 Å². The monoisotopic (exact) mass is 180 g/mol. The van der Waals surface area contributed by atoms with Crippen molar-refractivity contribution in [3.63, 3.8) is 0 Å². The van der Waals surface area contributed by atoms with Crippen LogP contribution in [0.5, 0.6) is 0 Å². The molecule has 0 unspecified atom stereocenters. The van der Waals surface area contributed by atoms with Crippen LogP contribution in [-0.2, 0) is 0 Å². The Balaban J connectivity index is 2.53. The van der Waals surface area contributed by atoms with Crippen LogP contribution in [0.3, 0.4) is 0 Å². The Bertz CT molecular complexity index is 646. The highest BCUT2D eigenvalue weighted by molar-refractivity contribution is 5.92. The number of rotatable bonds is 0. The highest BCUT2D eigenvalue weighted by atomic mass is 14.7. The van der Waals surface area contributed by atoms with E-state index in [1.165, 1.54) is 0 Å². The van der Waals surface area contributed by atoms with Gasteiger partial charge in [-0.15, -0.1) is 0 Å². The molecule has 0 bridgehead atoms. The van der Waals surface area contributed by atoms with Gasteiger partial charge in [-0.2, -0.15) is 0 Å². The van der Waals surface area contributed by atoms with E-state index in [1.807, 2.05) is 42.5 Å².